The number of benzene rings is 2. The van der Waals surface area contributed by atoms with Crippen molar-refractivity contribution in [1.29, 1.82) is 0 Å². The highest BCUT2D eigenvalue weighted by Crippen LogP contribution is 2.18. The molecule has 7 heteroatoms. The van der Waals surface area contributed by atoms with E-state index in [0.717, 1.165) is 5.56 Å². The molecule has 0 aliphatic carbocycles. The fourth-order valence-corrected chi connectivity index (χ4v) is 3.35. The number of nitrogens with zero attached hydrogens (tertiary/aromatic N) is 2. The highest BCUT2D eigenvalue weighted by molar-refractivity contribution is 6.08. The molecule has 0 aliphatic heterocycles. The monoisotopic (exact) mass is 413 g/mol. The summed E-state index contributed by atoms with van der Waals surface area (Å²) in [5.41, 5.74) is 1.34. The normalized spacial score (nSPS) is 10.6. The number of fused-ring (bicyclic) bond motifs is 1. The Labute approximate surface area is 177 Å². The van der Waals surface area contributed by atoms with E-state index in [4.69, 9.17) is 4.74 Å². The van der Waals surface area contributed by atoms with Gasteiger partial charge in [0, 0.05) is 11.6 Å². The van der Waals surface area contributed by atoms with Crippen LogP contribution in [0, 0.1) is 0 Å². The topological polar surface area (TPSA) is 90.3 Å². The standard InChI is InChI=1S/C24H19N3O4/c1-31-24(30)18-11-5-6-12-20(18)26-22(28)19-14-17-10-7-13-25-21(17)27(23(19)29)15-16-8-3-2-4-9-16/h2-14H,15H2,1H3,(H,26,28). The number of methoxy groups -OCH3 is 1. The molecule has 2 aromatic carbocycles. The molecular weight excluding hydrogens is 394 g/mol. The second kappa shape index (κ2) is 8.62. The van der Waals surface area contributed by atoms with Crippen LogP contribution >= 0.6 is 0 Å². The van der Waals surface area contributed by atoms with Gasteiger partial charge in [-0.2, -0.15) is 0 Å². The fraction of sp³-hybridized carbons (Fsp3) is 0.0833. The lowest BCUT2D eigenvalue weighted by atomic mass is 10.1. The van der Waals surface area contributed by atoms with Crippen LogP contribution in [0.1, 0.15) is 26.3 Å². The first-order valence-electron chi connectivity index (χ1n) is 9.59. The van der Waals surface area contributed by atoms with Gasteiger partial charge in [0.15, 0.2) is 0 Å². The zero-order valence-electron chi connectivity index (χ0n) is 16.7. The van der Waals surface area contributed by atoms with Crippen molar-refractivity contribution in [2.75, 3.05) is 12.4 Å². The molecule has 4 rings (SSSR count). The van der Waals surface area contributed by atoms with Crippen molar-refractivity contribution in [2.24, 2.45) is 0 Å². The Morgan fingerprint density at radius 1 is 0.968 bits per heavy atom. The van der Waals surface area contributed by atoms with Crippen LogP contribution in [0.2, 0.25) is 0 Å². The van der Waals surface area contributed by atoms with Gasteiger partial charge >= 0.3 is 5.97 Å². The highest BCUT2D eigenvalue weighted by Gasteiger charge is 2.19. The quantitative estimate of drug-likeness (QED) is 0.506. The van der Waals surface area contributed by atoms with E-state index in [1.807, 2.05) is 30.3 Å². The van der Waals surface area contributed by atoms with Gasteiger partial charge in [0.2, 0.25) is 0 Å². The van der Waals surface area contributed by atoms with Crippen molar-refractivity contribution in [3.05, 3.63) is 106 Å². The third kappa shape index (κ3) is 4.06. The van der Waals surface area contributed by atoms with Crippen molar-refractivity contribution in [3.63, 3.8) is 0 Å². The van der Waals surface area contributed by atoms with E-state index in [9.17, 15) is 14.4 Å². The maximum Gasteiger partial charge on any atom is 0.339 e. The summed E-state index contributed by atoms with van der Waals surface area (Å²) in [5, 5.41) is 3.32. The van der Waals surface area contributed by atoms with Crippen molar-refractivity contribution >= 4 is 28.6 Å². The van der Waals surface area contributed by atoms with Crippen LogP contribution in [0.4, 0.5) is 5.69 Å². The van der Waals surface area contributed by atoms with Gasteiger partial charge in [-0.25, -0.2) is 9.78 Å². The SMILES string of the molecule is COC(=O)c1ccccc1NC(=O)c1cc2cccnc2n(Cc2ccccc2)c1=O. The summed E-state index contributed by atoms with van der Waals surface area (Å²) in [7, 11) is 1.26. The van der Waals surface area contributed by atoms with Gasteiger partial charge in [-0.1, -0.05) is 42.5 Å². The van der Waals surface area contributed by atoms with E-state index in [0.29, 0.717) is 11.0 Å². The van der Waals surface area contributed by atoms with Crippen LogP contribution in [0.15, 0.2) is 83.8 Å². The first-order valence-corrected chi connectivity index (χ1v) is 9.59. The molecule has 0 radical (unpaired) electrons. The largest absolute Gasteiger partial charge is 0.465 e. The molecule has 2 heterocycles. The number of carbonyl (C=O) groups excluding carboxylic acids is 2. The van der Waals surface area contributed by atoms with E-state index in [1.54, 1.807) is 42.6 Å². The minimum atomic E-state index is -0.617. The Hall–Kier alpha value is -4.26. The molecule has 31 heavy (non-hydrogen) atoms. The van der Waals surface area contributed by atoms with Crippen LogP contribution in [0.25, 0.3) is 11.0 Å². The summed E-state index contributed by atoms with van der Waals surface area (Å²) >= 11 is 0. The smallest absolute Gasteiger partial charge is 0.339 e. The van der Waals surface area contributed by atoms with Gasteiger partial charge in [0.1, 0.15) is 11.2 Å². The summed E-state index contributed by atoms with van der Waals surface area (Å²) in [6.45, 7) is 0.271. The van der Waals surface area contributed by atoms with Crippen LogP contribution in [0.3, 0.4) is 0 Å². The van der Waals surface area contributed by atoms with Crippen molar-refractivity contribution in [2.45, 2.75) is 6.54 Å². The predicted molar refractivity (Wildman–Crippen MR) is 117 cm³/mol. The molecule has 0 saturated heterocycles. The third-order valence-corrected chi connectivity index (χ3v) is 4.86. The van der Waals surface area contributed by atoms with Gasteiger partial charge < -0.3 is 10.1 Å². The number of rotatable bonds is 5. The molecule has 0 spiro atoms. The number of hydrogen-bond acceptors (Lipinski definition) is 5. The molecule has 2 aromatic heterocycles. The van der Waals surface area contributed by atoms with Crippen LogP contribution in [-0.2, 0) is 11.3 Å². The van der Waals surface area contributed by atoms with E-state index in [1.165, 1.54) is 17.7 Å². The summed E-state index contributed by atoms with van der Waals surface area (Å²) in [4.78, 5) is 42.7. The molecule has 0 unspecified atom stereocenters. The van der Waals surface area contributed by atoms with Gasteiger partial charge in [-0.3, -0.25) is 14.2 Å². The molecule has 1 amide bonds. The molecule has 0 saturated carbocycles. The zero-order valence-corrected chi connectivity index (χ0v) is 16.7. The minimum absolute atomic E-state index is 0.0453. The molecule has 4 aromatic rings. The van der Waals surface area contributed by atoms with Crippen LogP contribution < -0.4 is 10.9 Å². The van der Waals surface area contributed by atoms with E-state index in [-0.39, 0.29) is 23.4 Å². The minimum Gasteiger partial charge on any atom is -0.465 e. The third-order valence-electron chi connectivity index (χ3n) is 4.86. The van der Waals surface area contributed by atoms with Crippen molar-refractivity contribution in [1.82, 2.24) is 9.55 Å². The average molecular weight is 413 g/mol. The highest BCUT2D eigenvalue weighted by atomic mass is 16.5. The Balaban J connectivity index is 1.78. The number of para-hydroxylation sites is 1. The number of anilines is 1. The molecule has 1 N–H and O–H groups in total. The van der Waals surface area contributed by atoms with E-state index in [2.05, 4.69) is 10.3 Å². The van der Waals surface area contributed by atoms with E-state index >= 15 is 0 Å². The summed E-state index contributed by atoms with van der Waals surface area (Å²) < 4.78 is 6.24. The zero-order chi connectivity index (χ0) is 21.8. The lowest BCUT2D eigenvalue weighted by Crippen LogP contribution is -2.30. The lowest BCUT2D eigenvalue weighted by molar-refractivity contribution is 0.0602. The summed E-state index contributed by atoms with van der Waals surface area (Å²) in [6.07, 6.45) is 1.61. The number of aromatic nitrogens is 2. The van der Waals surface area contributed by atoms with Gasteiger partial charge in [0.25, 0.3) is 11.5 Å². The molecular formula is C24H19N3O4. The fourth-order valence-electron chi connectivity index (χ4n) is 3.35. The summed E-state index contributed by atoms with van der Waals surface area (Å²) in [5.74, 6) is -1.20. The Morgan fingerprint density at radius 3 is 2.48 bits per heavy atom. The molecule has 0 fully saturated rings. The second-order valence-corrected chi connectivity index (χ2v) is 6.84. The Kier molecular flexibility index (Phi) is 5.57. The van der Waals surface area contributed by atoms with Gasteiger partial charge in [-0.15, -0.1) is 0 Å². The van der Waals surface area contributed by atoms with Crippen molar-refractivity contribution in [3.8, 4) is 0 Å². The molecule has 7 nitrogen and oxygen atoms in total. The average Bonchev–Trinajstić information content (AvgIpc) is 2.81. The Morgan fingerprint density at radius 2 is 1.71 bits per heavy atom. The Bertz CT molecular complexity index is 1330. The number of pyridine rings is 2. The molecule has 0 bridgehead atoms. The first kappa shape index (κ1) is 20.0. The molecule has 0 atom stereocenters. The lowest BCUT2D eigenvalue weighted by Gasteiger charge is -2.13. The number of carbonyl (C=O) groups is 2. The predicted octanol–water partition coefficient (Wildman–Crippen LogP) is 3.48. The molecule has 0 aliphatic rings. The summed E-state index contributed by atoms with van der Waals surface area (Å²) in [6, 6.07) is 21.0. The number of amides is 1. The number of ether oxygens (including phenoxy) is 1. The first-order chi connectivity index (χ1) is 15.1. The number of hydrogen-bond donors (Lipinski definition) is 1. The number of nitrogens with one attached hydrogen (secondary N) is 1. The maximum absolute atomic E-state index is 13.3. The van der Waals surface area contributed by atoms with Crippen LogP contribution in [0.5, 0.6) is 0 Å². The van der Waals surface area contributed by atoms with E-state index < -0.39 is 17.4 Å². The van der Waals surface area contributed by atoms with Crippen LogP contribution in [-0.4, -0.2) is 28.5 Å². The van der Waals surface area contributed by atoms with Gasteiger partial charge in [-0.05, 0) is 35.9 Å². The number of esters is 1. The van der Waals surface area contributed by atoms with Gasteiger partial charge in [0.05, 0.1) is 24.9 Å². The maximum atomic E-state index is 13.3. The second-order valence-electron chi connectivity index (χ2n) is 6.84. The van der Waals surface area contributed by atoms with Crippen molar-refractivity contribution < 1.29 is 14.3 Å². The molecule has 154 valence electrons.